The number of para-hydroxylation sites is 1. The van der Waals surface area contributed by atoms with Crippen molar-refractivity contribution >= 4 is 29.0 Å². The van der Waals surface area contributed by atoms with Crippen molar-refractivity contribution in [2.75, 3.05) is 12.9 Å². The molecule has 0 atom stereocenters. The van der Waals surface area contributed by atoms with Crippen molar-refractivity contribution in [3.63, 3.8) is 0 Å². The zero-order valence-corrected chi connectivity index (χ0v) is 11.6. The highest BCUT2D eigenvalue weighted by Gasteiger charge is 2.43. The Hall–Kier alpha value is -0.740. The first-order chi connectivity index (χ1) is 8.15. The van der Waals surface area contributed by atoms with Crippen LogP contribution in [-0.2, 0) is 0 Å². The molecule has 0 radical (unpaired) electrons. The largest absolute Gasteiger partial charge is 0.492 e. The highest BCUT2D eigenvalue weighted by Crippen LogP contribution is 2.49. The highest BCUT2D eigenvalue weighted by molar-refractivity contribution is 7.98. The number of ether oxygens (including phenoxy) is 1. The Morgan fingerprint density at radius 2 is 2.18 bits per heavy atom. The molecule has 0 bridgehead atoms. The summed E-state index contributed by atoms with van der Waals surface area (Å²) in [6.07, 6.45) is 5.21. The summed E-state index contributed by atoms with van der Waals surface area (Å²) in [7, 11) is 0. The molecular weight excluding hydrogens is 250 g/mol. The van der Waals surface area contributed by atoms with Gasteiger partial charge < -0.3 is 10.5 Å². The highest BCUT2D eigenvalue weighted by atomic mass is 32.2. The molecule has 17 heavy (non-hydrogen) atoms. The molecule has 2 nitrogen and oxygen atoms in total. The minimum absolute atomic E-state index is 0.220. The fourth-order valence-corrected chi connectivity index (χ4v) is 2.74. The van der Waals surface area contributed by atoms with Crippen molar-refractivity contribution in [3.8, 4) is 5.75 Å². The first kappa shape index (κ1) is 12.7. The second-order valence-corrected chi connectivity index (χ2v) is 5.96. The molecule has 2 N–H and O–H groups in total. The molecule has 0 saturated heterocycles. The first-order valence-corrected chi connectivity index (χ1v) is 7.33. The van der Waals surface area contributed by atoms with Gasteiger partial charge in [-0.25, -0.2) is 0 Å². The molecule has 1 aliphatic rings. The zero-order chi connectivity index (χ0) is 12.3. The van der Waals surface area contributed by atoms with E-state index >= 15 is 0 Å². The van der Waals surface area contributed by atoms with Gasteiger partial charge in [-0.1, -0.05) is 24.4 Å². The van der Waals surface area contributed by atoms with Crippen LogP contribution in [0.15, 0.2) is 29.2 Å². The summed E-state index contributed by atoms with van der Waals surface area (Å²) < 4.78 is 5.92. The summed E-state index contributed by atoms with van der Waals surface area (Å²) in [6.45, 7) is 0.724. The normalized spacial score (nSPS) is 16.5. The molecule has 0 heterocycles. The lowest BCUT2D eigenvalue weighted by Gasteiger charge is -2.16. The molecule has 1 aromatic carbocycles. The second-order valence-electron chi connectivity index (χ2n) is 4.58. The van der Waals surface area contributed by atoms with Crippen molar-refractivity contribution < 1.29 is 4.74 Å². The molecule has 1 aliphatic carbocycles. The van der Waals surface area contributed by atoms with E-state index in [1.54, 1.807) is 11.8 Å². The predicted octanol–water partition coefficient (Wildman–Crippen LogP) is 3.24. The minimum atomic E-state index is 0.220. The maximum atomic E-state index is 5.92. The lowest BCUT2D eigenvalue weighted by atomic mass is 10.0. The lowest BCUT2D eigenvalue weighted by Crippen LogP contribution is -2.21. The molecule has 0 unspecified atom stereocenters. The van der Waals surface area contributed by atoms with Crippen LogP contribution in [0.25, 0.3) is 0 Å². The molecule has 0 aromatic heterocycles. The number of thioether (sulfide) groups is 1. The maximum Gasteiger partial charge on any atom is 0.132 e. The summed E-state index contributed by atoms with van der Waals surface area (Å²) in [5.74, 6) is 0.967. The zero-order valence-electron chi connectivity index (χ0n) is 9.94. The van der Waals surface area contributed by atoms with Gasteiger partial charge in [-0.3, -0.25) is 0 Å². The number of hydrogen-bond acceptors (Lipinski definition) is 3. The summed E-state index contributed by atoms with van der Waals surface area (Å²) in [5.41, 5.74) is 5.83. The van der Waals surface area contributed by atoms with Crippen LogP contribution in [0.2, 0.25) is 0 Å². The van der Waals surface area contributed by atoms with Gasteiger partial charge in [0, 0.05) is 16.7 Å². The van der Waals surface area contributed by atoms with Crippen LogP contribution >= 0.6 is 24.0 Å². The number of benzene rings is 1. The molecule has 0 aliphatic heterocycles. The lowest BCUT2D eigenvalue weighted by molar-refractivity contribution is 0.234. The van der Waals surface area contributed by atoms with Gasteiger partial charge >= 0.3 is 0 Å². The average Bonchev–Trinajstić information content (AvgIpc) is 3.06. The van der Waals surface area contributed by atoms with Gasteiger partial charge in [-0.2, -0.15) is 0 Å². The van der Waals surface area contributed by atoms with Gasteiger partial charge in [0.05, 0.1) is 11.6 Å². The van der Waals surface area contributed by atoms with Crippen LogP contribution in [-0.4, -0.2) is 17.9 Å². The van der Waals surface area contributed by atoms with E-state index < -0.39 is 0 Å². The van der Waals surface area contributed by atoms with E-state index in [1.807, 2.05) is 18.2 Å². The fraction of sp³-hybridized carbons (Fsp3) is 0.462. The van der Waals surface area contributed by atoms with Gasteiger partial charge in [-0.05, 0) is 31.2 Å². The smallest absolute Gasteiger partial charge is 0.132 e. The fourth-order valence-electron chi connectivity index (χ4n) is 1.89. The van der Waals surface area contributed by atoms with Gasteiger partial charge in [0.2, 0.25) is 0 Å². The van der Waals surface area contributed by atoms with Crippen LogP contribution in [0.4, 0.5) is 0 Å². The SMILES string of the molecule is CSc1ccccc1OCC1(CC(N)=S)CC1. The van der Waals surface area contributed by atoms with E-state index in [0.717, 1.165) is 18.8 Å². The minimum Gasteiger partial charge on any atom is -0.492 e. The molecule has 1 fully saturated rings. The van der Waals surface area contributed by atoms with Crippen LogP contribution in [0.5, 0.6) is 5.75 Å². The number of nitrogens with two attached hydrogens (primary N) is 1. The summed E-state index contributed by atoms with van der Waals surface area (Å²) >= 11 is 6.69. The van der Waals surface area contributed by atoms with Crippen LogP contribution in [0.3, 0.4) is 0 Å². The van der Waals surface area contributed by atoms with Gasteiger partial charge in [-0.15, -0.1) is 11.8 Å². The third-order valence-electron chi connectivity index (χ3n) is 3.11. The van der Waals surface area contributed by atoms with Gasteiger partial charge in [0.15, 0.2) is 0 Å². The molecular formula is C13H17NOS2. The van der Waals surface area contributed by atoms with Crippen molar-refractivity contribution in [1.82, 2.24) is 0 Å². The van der Waals surface area contributed by atoms with Crippen molar-refractivity contribution in [3.05, 3.63) is 24.3 Å². The average molecular weight is 267 g/mol. The standard InChI is InChI=1S/C13H17NOS2/c1-17-11-5-3-2-4-10(11)15-9-13(6-7-13)8-12(14)16/h2-5H,6-9H2,1H3,(H2,14,16). The van der Waals surface area contributed by atoms with Crippen LogP contribution in [0, 0.1) is 5.41 Å². The van der Waals surface area contributed by atoms with Gasteiger partial charge in [0.1, 0.15) is 5.75 Å². The predicted molar refractivity (Wildman–Crippen MR) is 76.8 cm³/mol. The third-order valence-corrected chi connectivity index (χ3v) is 4.03. The van der Waals surface area contributed by atoms with Crippen molar-refractivity contribution in [2.45, 2.75) is 24.2 Å². The number of rotatable bonds is 6. The summed E-state index contributed by atoms with van der Waals surface area (Å²) in [6, 6.07) is 8.12. The molecule has 0 spiro atoms. The van der Waals surface area contributed by atoms with E-state index in [4.69, 9.17) is 22.7 Å². The van der Waals surface area contributed by atoms with Crippen LogP contribution in [0.1, 0.15) is 19.3 Å². The molecule has 1 saturated carbocycles. The van der Waals surface area contributed by atoms with Crippen molar-refractivity contribution in [2.24, 2.45) is 11.1 Å². The molecule has 0 amide bonds. The monoisotopic (exact) mass is 267 g/mol. The topological polar surface area (TPSA) is 35.2 Å². The van der Waals surface area contributed by atoms with E-state index in [0.29, 0.717) is 4.99 Å². The Morgan fingerprint density at radius 3 is 2.76 bits per heavy atom. The van der Waals surface area contributed by atoms with E-state index in [9.17, 15) is 0 Å². The first-order valence-electron chi connectivity index (χ1n) is 5.69. The number of hydrogen-bond donors (Lipinski definition) is 1. The van der Waals surface area contributed by atoms with E-state index in [-0.39, 0.29) is 5.41 Å². The Kier molecular flexibility index (Phi) is 3.94. The Labute approximate surface area is 112 Å². The quantitative estimate of drug-likeness (QED) is 0.634. The summed E-state index contributed by atoms with van der Waals surface area (Å²) in [4.78, 5) is 1.78. The molecule has 2 rings (SSSR count). The van der Waals surface area contributed by atoms with Crippen LogP contribution < -0.4 is 10.5 Å². The van der Waals surface area contributed by atoms with E-state index in [1.165, 1.54) is 17.7 Å². The maximum absolute atomic E-state index is 5.92. The molecule has 92 valence electrons. The second kappa shape index (κ2) is 5.27. The van der Waals surface area contributed by atoms with Crippen molar-refractivity contribution in [1.29, 1.82) is 0 Å². The third kappa shape index (κ3) is 3.36. The Morgan fingerprint density at radius 1 is 1.47 bits per heavy atom. The Bertz CT molecular complexity index is 416. The molecule has 4 heteroatoms. The van der Waals surface area contributed by atoms with Gasteiger partial charge in [0.25, 0.3) is 0 Å². The summed E-state index contributed by atoms with van der Waals surface area (Å²) in [5, 5.41) is 0. The molecule has 1 aromatic rings. The Balaban J connectivity index is 1.96. The number of thiocarbonyl (C=S) groups is 1. The van der Waals surface area contributed by atoms with E-state index in [2.05, 4.69) is 12.3 Å².